The van der Waals surface area contributed by atoms with E-state index < -0.39 is 28.7 Å². The maximum absolute atomic E-state index is 14.9. The number of carbonyl (C=O) groups excluding carboxylic acids is 3. The zero-order chi connectivity index (χ0) is 32.1. The molecule has 4 saturated heterocycles. The van der Waals surface area contributed by atoms with Crippen LogP contribution in [0.4, 0.5) is 0 Å². The zero-order valence-electron chi connectivity index (χ0n) is 26.3. The predicted molar refractivity (Wildman–Crippen MR) is 181 cm³/mol. The molecule has 0 aliphatic carbocycles. The highest BCUT2D eigenvalue weighted by Crippen LogP contribution is 2.68. The number of likely N-dealkylation sites (tertiary alicyclic amines) is 1. The van der Waals surface area contributed by atoms with Crippen molar-refractivity contribution in [2.45, 2.75) is 53.1 Å². The Hall–Kier alpha value is -2.18. The van der Waals surface area contributed by atoms with Crippen LogP contribution in [-0.4, -0.2) is 135 Å². The summed E-state index contributed by atoms with van der Waals surface area (Å²) in [5.74, 6) is -1.60. The lowest BCUT2D eigenvalue weighted by Crippen LogP contribution is -2.59. The third kappa shape index (κ3) is 6.66. The first-order chi connectivity index (χ1) is 21.8. The molecule has 1 spiro atoms. The molecule has 4 fully saturated rings. The molecule has 5 rings (SSSR count). The number of nitrogens with zero attached hydrogens (tertiary/aromatic N) is 4. The molecule has 4 heterocycles. The van der Waals surface area contributed by atoms with Crippen molar-refractivity contribution in [3.8, 4) is 0 Å². The molecule has 0 saturated carbocycles. The predicted octanol–water partition coefficient (Wildman–Crippen LogP) is 2.83. The maximum Gasteiger partial charge on any atom is 0.247 e. The minimum Gasteiger partial charge on any atom is -0.394 e. The molecule has 2 bridgehead atoms. The summed E-state index contributed by atoms with van der Waals surface area (Å²) in [7, 11) is 0. The summed E-state index contributed by atoms with van der Waals surface area (Å²) in [6.07, 6.45) is 5.26. The number of hydrogen-bond donors (Lipinski definition) is 1. The molecular weight excluding hydrogens is 656 g/mol. The summed E-state index contributed by atoms with van der Waals surface area (Å²) in [6.45, 7) is 15.0. The molecule has 4 aliphatic heterocycles. The Labute approximate surface area is 280 Å². The van der Waals surface area contributed by atoms with Crippen LogP contribution < -0.4 is 0 Å². The van der Waals surface area contributed by atoms with Gasteiger partial charge in [0.1, 0.15) is 6.04 Å². The number of aliphatic hydroxyl groups is 1. The van der Waals surface area contributed by atoms with Gasteiger partial charge >= 0.3 is 0 Å². The number of amides is 3. The van der Waals surface area contributed by atoms with Crippen LogP contribution in [0, 0.1) is 11.8 Å². The van der Waals surface area contributed by atoms with Crippen molar-refractivity contribution in [3.05, 3.63) is 61.2 Å². The zero-order valence-corrected chi connectivity index (χ0v) is 28.7. The normalized spacial score (nSPS) is 29.8. The summed E-state index contributed by atoms with van der Waals surface area (Å²) in [5, 5.41) is 10.7. The van der Waals surface area contributed by atoms with Crippen molar-refractivity contribution < 1.29 is 24.2 Å². The van der Waals surface area contributed by atoms with Crippen LogP contribution in [-0.2, 0) is 25.5 Å². The van der Waals surface area contributed by atoms with E-state index in [4.69, 9.17) is 4.74 Å². The van der Waals surface area contributed by atoms with E-state index in [-0.39, 0.29) is 34.4 Å². The van der Waals surface area contributed by atoms with Crippen LogP contribution in [0.15, 0.2) is 55.6 Å². The molecule has 4 aliphatic rings. The summed E-state index contributed by atoms with van der Waals surface area (Å²) < 4.78 is 4.72. The van der Waals surface area contributed by atoms with Crippen LogP contribution in [0.2, 0.25) is 0 Å². The molecule has 0 aromatic heterocycles. The number of rotatable bonds is 15. The van der Waals surface area contributed by atoms with E-state index in [0.717, 1.165) is 25.1 Å². The van der Waals surface area contributed by atoms with Crippen molar-refractivity contribution >= 4 is 45.4 Å². The van der Waals surface area contributed by atoms with Crippen LogP contribution in [0.5, 0.6) is 0 Å². The van der Waals surface area contributed by atoms with Gasteiger partial charge in [-0.3, -0.25) is 19.3 Å². The highest BCUT2D eigenvalue weighted by Gasteiger charge is 2.76. The number of carbonyl (C=O) groups is 3. The Morgan fingerprint density at radius 2 is 1.80 bits per heavy atom. The SMILES string of the molecule is C=CCN(CCN1CCOCC1)C(=O)C1N([C@@H](CO)Cc2ccccc2)C(=O)[C@@H]2[C@H](C(=O)N(CC=C)CCC)[C@H]3SC12CC3Br. The van der Waals surface area contributed by atoms with Gasteiger partial charge in [-0.15, -0.1) is 24.9 Å². The van der Waals surface area contributed by atoms with Crippen LogP contribution >= 0.6 is 27.7 Å². The Morgan fingerprint density at radius 3 is 2.42 bits per heavy atom. The van der Waals surface area contributed by atoms with Gasteiger partial charge in [0.15, 0.2) is 0 Å². The molecule has 11 heteroatoms. The van der Waals surface area contributed by atoms with Crippen molar-refractivity contribution in [2.24, 2.45) is 11.8 Å². The van der Waals surface area contributed by atoms with Gasteiger partial charge < -0.3 is 24.5 Å². The van der Waals surface area contributed by atoms with Gasteiger partial charge in [0.2, 0.25) is 17.7 Å². The topological polar surface area (TPSA) is 93.6 Å². The lowest BCUT2D eigenvalue weighted by atomic mass is 9.70. The van der Waals surface area contributed by atoms with E-state index in [1.54, 1.807) is 33.7 Å². The first kappa shape index (κ1) is 34.2. The average Bonchev–Trinajstić information content (AvgIpc) is 3.65. The Balaban J connectivity index is 1.54. The van der Waals surface area contributed by atoms with Crippen molar-refractivity contribution in [1.82, 2.24) is 19.6 Å². The molecule has 3 amide bonds. The minimum atomic E-state index is -0.813. The average molecular weight is 704 g/mol. The Bertz CT molecular complexity index is 1230. The highest BCUT2D eigenvalue weighted by atomic mass is 79.9. The Kier molecular flexibility index (Phi) is 11.5. The van der Waals surface area contributed by atoms with E-state index in [1.807, 2.05) is 42.2 Å². The third-order valence-corrected chi connectivity index (χ3v) is 13.0. The van der Waals surface area contributed by atoms with Gasteiger partial charge in [-0.25, -0.2) is 0 Å². The lowest BCUT2D eigenvalue weighted by molar-refractivity contribution is -0.147. The number of thioether (sulfide) groups is 1. The monoisotopic (exact) mass is 702 g/mol. The smallest absolute Gasteiger partial charge is 0.247 e. The number of fused-ring (bicyclic) bond motifs is 1. The van der Waals surface area contributed by atoms with Crippen molar-refractivity contribution in [3.63, 3.8) is 0 Å². The summed E-state index contributed by atoms with van der Waals surface area (Å²) in [6, 6.07) is 8.34. The van der Waals surface area contributed by atoms with Crippen molar-refractivity contribution in [2.75, 3.05) is 65.6 Å². The number of hydrogen-bond acceptors (Lipinski definition) is 7. The number of alkyl halides is 1. The molecular formula is C34H47BrN4O5S. The molecule has 0 radical (unpaired) electrons. The number of ether oxygens (including phenoxy) is 1. The molecule has 1 aromatic rings. The quantitative estimate of drug-likeness (QED) is 0.222. The first-order valence-corrected chi connectivity index (χ1v) is 18.0. The Morgan fingerprint density at radius 1 is 1.13 bits per heavy atom. The van der Waals surface area contributed by atoms with Gasteiger partial charge in [0.25, 0.3) is 0 Å². The second-order valence-corrected chi connectivity index (χ2v) is 15.3. The van der Waals surface area contributed by atoms with Crippen LogP contribution in [0.1, 0.15) is 25.3 Å². The fraction of sp³-hybridized carbons (Fsp3) is 0.618. The largest absolute Gasteiger partial charge is 0.394 e. The third-order valence-electron chi connectivity index (χ3n) is 9.77. The fourth-order valence-corrected chi connectivity index (χ4v) is 11.4. The van der Waals surface area contributed by atoms with Gasteiger partial charge in [-0.2, -0.15) is 0 Å². The van der Waals surface area contributed by atoms with E-state index in [2.05, 4.69) is 34.0 Å². The van der Waals surface area contributed by atoms with Gasteiger partial charge in [0, 0.05) is 55.9 Å². The lowest BCUT2D eigenvalue weighted by Gasteiger charge is -2.40. The number of halogens is 1. The second kappa shape index (κ2) is 15.2. The minimum absolute atomic E-state index is 0.0224. The molecule has 246 valence electrons. The van der Waals surface area contributed by atoms with E-state index >= 15 is 0 Å². The fourth-order valence-electron chi connectivity index (χ4n) is 7.79. The molecule has 7 atom stereocenters. The van der Waals surface area contributed by atoms with Crippen LogP contribution in [0.3, 0.4) is 0 Å². The van der Waals surface area contributed by atoms with Gasteiger partial charge in [-0.1, -0.05) is 65.3 Å². The van der Waals surface area contributed by atoms with Crippen molar-refractivity contribution in [1.29, 1.82) is 0 Å². The van der Waals surface area contributed by atoms with E-state index in [9.17, 15) is 19.5 Å². The highest BCUT2D eigenvalue weighted by molar-refractivity contribution is 9.09. The van der Waals surface area contributed by atoms with Gasteiger partial charge in [-0.05, 0) is 24.8 Å². The molecule has 1 aromatic carbocycles. The number of benzene rings is 1. The number of aliphatic hydroxyl groups excluding tert-OH is 1. The number of morpholine rings is 1. The second-order valence-electron chi connectivity index (χ2n) is 12.5. The van der Waals surface area contributed by atoms with Crippen LogP contribution in [0.25, 0.3) is 0 Å². The molecule has 45 heavy (non-hydrogen) atoms. The summed E-state index contributed by atoms with van der Waals surface area (Å²) in [4.78, 5) is 51.5. The standard InChI is InChI=1S/C34H47BrN4O5S/c1-4-12-37(13-5-2)31(41)27-28-32(42)39(25(23-40)21-24-10-8-7-9-11-24)30(34(28)22-26(35)29(27)45-34)33(43)38(14-6-3)16-15-36-17-19-44-20-18-36/h4,6-11,25-30,40H,1,3,5,12-23H2,2H3/t25-,26?,27+,28+,29+,30?,34?/m1/s1. The van der Waals surface area contributed by atoms with E-state index in [0.29, 0.717) is 58.8 Å². The van der Waals surface area contributed by atoms with Gasteiger partial charge in [0.05, 0.1) is 42.4 Å². The summed E-state index contributed by atoms with van der Waals surface area (Å²) in [5.41, 5.74) is 0.975. The summed E-state index contributed by atoms with van der Waals surface area (Å²) >= 11 is 5.53. The van der Waals surface area contributed by atoms with E-state index in [1.165, 1.54) is 0 Å². The molecule has 1 N–H and O–H groups in total. The first-order valence-electron chi connectivity index (χ1n) is 16.2. The molecule has 9 nitrogen and oxygen atoms in total. The maximum atomic E-state index is 14.9. The molecule has 3 unspecified atom stereocenters.